The Kier molecular flexibility index (Phi) is 4.27. The quantitative estimate of drug-likeness (QED) is 0.736. The first kappa shape index (κ1) is 18.1. The lowest BCUT2D eigenvalue weighted by Crippen LogP contribution is -2.57. The minimum absolute atomic E-state index is 0.00580. The van der Waals surface area contributed by atoms with Crippen molar-refractivity contribution >= 4 is 21.6 Å². The van der Waals surface area contributed by atoms with Crippen molar-refractivity contribution in [2.24, 2.45) is 5.41 Å². The zero-order valence-electron chi connectivity index (χ0n) is 14.0. The van der Waals surface area contributed by atoms with Gasteiger partial charge < -0.3 is 10.6 Å². The first-order valence-corrected chi connectivity index (χ1v) is 9.52. The standard InChI is InChI=1S/C16H21F2N3O3S/c1-19-14(22)12-5-11(25(23,24)20-2)3-4-13(12)21-10-6-15(7-10)8-16(17,18)9-15/h3-5,10,20-21H,6-9H2,1-2H3,(H,19,22). The number of anilines is 1. The van der Waals surface area contributed by atoms with Crippen LogP contribution in [0.2, 0.25) is 0 Å². The number of hydrogen-bond acceptors (Lipinski definition) is 4. The van der Waals surface area contributed by atoms with Crippen LogP contribution in [0.25, 0.3) is 0 Å². The third-order valence-corrected chi connectivity index (χ3v) is 6.44. The molecule has 0 unspecified atom stereocenters. The highest BCUT2D eigenvalue weighted by molar-refractivity contribution is 7.89. The van der Waals surface area contributed by atoms with Gasteiger partial charge in [-0.1, -0.05) is 0 Å². The van der Waals surface area contributed by atoms with E-state index < -0.39 is 21.9 Å². The highest BCUT2D eigenvalue weighted by Gasteiger charge is 2.61. The summed E-state index contributed by atoms with van der Waals surface area (Å²) in [6.45, 7) is 0. The molecule has 0 atom stereocenters. The summed E-state index contributed by atoms with van der Waals surface area (Å²) in [7, 11) is -0.913. The molecule has 3 rings (SSSR count). The molecule has 2 aliphatic carbocycles. The van der Waals surface area contributed by atoms with E-state index >= 15 is 0 Å². The van der Waals surface area contributed by atoms with Gasteiger partial charge in [-0.25, -0.2) is 21.9 Å². The van der Waals surface area contributed by atoms with E-state index in [4.69, 9.17) is 0 Å². The number of hydrogen-bond donors (Lipinski definition) is 3. The number of sulfonamides is 1. The van der Waals surface area contributed by atoms with Gasteiger partial charge in [-0.15, -0.1) is 0 Å². The molecule has 1 spiro atoms. The third kappa shape index (κ3) is 3.35. The summed E-state index contributed by atoms with van der Waals surface area (Å²) >= 11 is 0. The maximum Gasteiger partial charge on any atom is 0.253 e. The molecular weight excluding hydrogens is 352 g/mol. The van der Waals surface area contributed by atoms with Crippen molar-refractivity contribution in [1.82, 2.24) is 10.0 Å². The Morgan fingerprint density at radius 1 is 1.20 bits per heavy atom. The summed E-state index contributed by atoms with van der Waals surface area (Å²) < 4.78 is 52.2. The average Bonchev–Trinajstić information content (AvgIpc) is 2.50. The molecule has 2 fully saturated rings. The Hall–Kier alpha value is -1.74. The van der Waals surface area contributed by atoms with Crippen LogP contribution in [0.3, 0.4) is 0 Å². The second kappa shape index (κ2) is 5.91. The van der Waals surface area contributed by atoms with Gasteiger partial charge in [0.25, 0.3) is 5.91 Å². The number of alkyl halides is 2. The van der Waals surface area contributed by atoms with E-state index in [2.05, 4.69) is 15.4 Å². The fraction of sp³-hybridized carbons (Fsp3) is 0.562. The van der Waals surface area contributed by atoms with Crippen molar-refractivity contribution in [3.05, 3.63) is 23.8 Å². The van der Waals surface area contributed by atoms with E-state index in [0.717, 1.165) is 0 Å². The fourth-order valence-electron chi connectivity index (χ4n) is 3.90. The van der Waals surface area contributed by atoms with Crippen molar-refractivity contribution in [2.75, 3.05) is 19.4 Å². The molecule has 3 N–H and O–H groups in total. The van der Waals surface area contributed by atoms with Crippen LogP contribution in [0.15, 0.2) is 23.1 Å². The van der Waals surface area contributed by atoms with E-state index in [-0.39, 0.29) is 34.8 Å². The first-order chi connectivity index (χ1) is 11.6. The van der Waals surface area contributed by atoms with Crippen LogP contribution in [0.4, 0.5) is 14.5 Å². The Labute approximate surface area is 145 Å². The molecule has 138 valence electrons. The van der Waals surface area contributed by atoms with Crippen molar-refractivity contribution < 1.29 is 22.0 Å². The number of carbonyl (C=O) groups is 1. The second-order valence-electron chi connectivity index (χ2n) is 6.95. The normalized spacial score (nSPS) is 21.3. The van der Waals surface area contributed by atoms with Crippen LogP contribution in [0.1, 0.15) is 36.0 Å². The molecule has 0 heterocycles. The van der Waals surface area contributed by atoms with Crippen molar-refractivity contribution in [1.29, 1.82) is 0 Å². The van der Waals surface area contributed by atoms with Crippen molar-refractivity contribution in [3.63, 3.8) is 0 Å². The van der Waals surface area contributed by atoms with Crippen molar-refractivity contribution in [2.45, 2.75) is 42.5 Å². The van der Waals surface area contributed by atoms with E-state index in [1.54, 1.807) is 0 Å². The van der Waals surface area contributed by atoms with Crippen LogP contribution in [0, 0.1) is 5.41 Å². The molecular formula is C16H21F2N3O3S. The molecule has 0 bridgehead atoms. The average molecular weight is 373 g/mol. The molecule has 6 nitrogen and oxygen atoms in total. The van der Waals surface area contributed by atoms with Gasteiger partial charge in [0.2, 0.25) is 15.9 Å². The number of amides is 1. The zero-order chi connectivity index (χ0) is 18.5. The van der Waals surface area contributed by atoms with Gasteiger partial charge in [-0.2, -0.15) is 0 Å². The van der Waals surface area contributed by atoms with Crippen LogP contribution < -0.4 is 15.4 Å². The van der Waals surface area contributed by atoms with E-state index in [0.29, 0.717) is 18.5 Å². The summed E-state index contributed by atoms with van der Waals surface area (Å²) in [6, 6.07) is 4.26. The summed E-state index contributed by atoms with van der Waals surface area (Å²) in [6.07, 6.45) is 1.12. The van der Waals surface area contributed by atoms with Crippen LogP contribution in [-0.2, 0) is 10.0 Å². The van der Waals surface area contributed by atoms with E-state index in [1.807, 2.05) is 0 Å². The largest absolute Gasteiger partial charge is 0.382 e. The monoisotopic (exact) mass is 373 g/mol. The summed E-state index contributed by atoms with van der Waals surface area (Å²) in [5.41, 5.74) is 0.433. The molecule has 0 aromatic heterocycles. The number of halogens is 2. The topological polar surface area (TPSA) is 87.3 Å². The Bertz CT molecular complexity index is 795. The van der Waals surface area contributed by atoms with E-state index in [9.17, 15) is 22.0 Å². The molecule has 0 radical (unpaired) electrons. The van der Waals surface area contributed by atoms with Crippen LogP contribution in [0.5, 0.6) is 0 Å². The third-order valence-electron chi connectivity index (χ3n) is 5.03. The number of carbonyl (C=O) groups excluding carboxylic acids is 1. The summed E-state index contributed by atoms with van der Waals surface area (Å²) in [5, 5.41) is 5.67. The lowest BCUT2D eigenvalue weighted by molar-refractivity contribution is -0.193. The van der Waals surface area contributed by atoms with Crippen molar-refractivity contribution in [3.8, 4) is 0 Å². The second-order valence-corrected chi connectivity index (χ2v) is 8.84. The predicted molar refractivity (Wildman–Crippen MR) is 89.3 cm³/mol. The minimum atomic E-state index is -3.67. The van der Waals surface area contributed by atoms with Gasteiger partial charge in [-0.05, 0) is 43.5 Å². The zero-order valence-corrected chi connectivity index (χ0v) is 14.8. The van der Waals surface area contributed by atoms with Gasteiger partial charge in [0.15, 0.2) is 0 Å². The molecule has 2 aliphatic rings. The maximum absolute atomic E-state index is 13.1. The molecule has 1 aromatic rings. The predicted octanol–water partition coefficient (Wildman–Crippen LogP) is 1.94. The van der Waals surface area contributed by atoms with Crippen LogP contribution in [-0.4, -0.2) is 40.4 Å². The molecule has 1 aromatic carbocycles. The molecule has 25 heavy (non-hydrogen) atoms. The van der Waals surface area contributed by atoms with Crippen LogP contribution >= 0.6 is 0 Å². The summed E-state index contributed by atoms with van der Waals surface area (Å²) in [4.78, 5) is 12.1. The van der Waals surface area contributed by atoms with Gasteiger partial charge in [-0.3, -0.25) is 4.79 Å². The highest BCUT2D eigenvalue weighted by Crippen LogP contribution is 2.62. The molecule has 9 heteroatoms. The highest BCUT2D eigenvalue weighted by atomic mass is 32.2. The lowest BCUT2D eigenvalue weighted by Gasteiger charge is -2.57. The molecule has 1 amide bonds. The van der Waals surface area contributed by atoms with Gasteiger partial charge >= 0.3 is 0 Å². The smallest absolute Gasteiger partial charge is 0.253 e. The first-order valence-electron chi connectivity index (χ1n) is 8.04. The SMILES string of the molecule is CNC(=O)c1cc(S(=O)(=O)NC)ccc1NC1CC2(C1)CC(F)(F)C2. The number of nitrogens with one attached hydrogen (secondary N) is 3. The fourth-order valence-corrected chi connectivity index (χ4v) is 4.65. The molecule has 0 saturated heterocycles. The summed E-state index contributed by atoms with van der Waals surface area (Å²) in [5.74, 6) is -2.96. The number of benzene rings is 1. The Morgan fingerprint density at radius 3 is 2.36 bits per heavy atom. The Balaban J connectivity index is 1.76. The maximum atomic E-state index is 13.1. The van der Waals surface area contributed by atoms with E-state index in [1.165, 1.54) is 32.3 Å². The minimum Gasteiger partial charge on any atom is -0.382 e. The molecule has 2 saturated carbocycles. The Morgan fingerprint density at radius 2 is 1.84 bits per heavy atom. The lowest BCUT2D eigenvalue weighted by atomic mass is 9.52. The number of rotatable bonds is 5. The molecule has 0 aliphatic heterocycles. The van der Waals surface area contributed by atoms with Gasteiger partial charge in [0.1, 0.15) is 0 Å². The van der Waals surface area contributed by atoms with Gasteiger partial charge in [0, 0.05) is 31.6 Å². The van der Waals surface area contributed by atoms with Gasteiger partial charge in [0.05, 0.1) is 10.5 Å².